The first-order valence-corrected chi connectivity index (χ1v) is 4.92. The van der Waals surface area contributed by atoms with Gasteiger partial charge in [-0.2, -0.15) is 18.2 Å². The highest BCUT2D eigenvalue weighted by molar-refractivity contribution is 5.63. The Balaban J connectivity index is 2.55. The average Bonchev–Trinajstić information content (AvgIpc) is 2.57. The average molecular weight is 257 g/mol. The van der Waals surface area contributed by atoms with Crippen LogP contribution in [0.15, 0.2) is 18.2 Å². The summed E-state index contributed by atoms with van der Waals surface area (Å²) in [6, 6.07) is 3.16. The van der Waals surface area contributed by atoms with Crippen LogP contribution in [-0.2, 0) is 13.2 Å². The van der Waals surface area contributed by atoms with Gasteiger partial charge < -0.3 is 11.5 Å². The predicted molar refractivity (Wildman–Crippen MR) is 60.3 cm³/mol. The van der Waals surface area contributed by atoms with Crippen LogP contribution in [0, 0.1) is 0 Å². The van der Waals surface area contributed by atoms with Crippen LogP contribution < -0.4 is 11.5 Å². The number of halogens is 3. The van der Waals surface area contributed by atoms with Gasteiger partial charge in [0.15, 0.2) is 5.82 Å². The summed E-state index contributed by atoms with van der Waals surface area (Å²) in [7, 11) is 1.54. The number of nitrogens with zero attached hydrogens (tertiary/aromatic N) is 3. The van der Waals surface area contributed by atoms with E-state index in [4.69, 9.17) is 11.5 Å². The molecule has 96 valence electrons. The largest absolute Gasteiger partial charge is 0.416 e. The Hall–Kier alpha value is -2.25. The monoisotopic (exact) mass is 257 g/mol. The van der Waals surface area contributed by atoms with Crippen molar-refractivity contribution in [3.63, 3.8) is 0 Å². The molecule has 1 aromatic heterocycles. The van der Waals surface area contributed by atoms with Gasteiger partial charge >= 0.3 is 6.18 Å². The predicted octanol–water partition coefficient (Wildman–Crippen LogP) is 1.67. The molecule has 0 saturated carbocycles. The van der Waals surface area contributed by atoms with Crippen molar-refractivity contribution in [3.05, 3.63) is 23.8 Å². The Morgan fingerprint density at radius 3 is 2.33 bits per heavy atom. The SMILES string of the molecule is Cn1nc(-c2cc(N)cc(C(F)(F)F)c2)nc1N. The van der Waals surface area contributed by atoms with Crippen molar-refractivity contribution in [2.24, 2.45) is 7.05 Å². The molecule has 5 nitrogen and oxygen atoms in total. The molecule has 0 bridgehead atoms. The van der Waals surface area contributed by atoms with Crippen LogP contribution in [0.25, 0.3) is 11.4 Å². The van der Waals surface area contributed by atoms with Gasteiger partial charge in [0.25, 0.3) is 0 Å². The lowest BCUT2D eigenvalue weighted by Gasteiger charge is -2.08. The molecule has 1 heterocycles. The van der Waals surface area contributed by atoms with Crippen LogP contribution in [0.2, 0.25) is 0 Å². The van der Waals surface area contributed by atoms with Crippen molar-refractivity contribution in [3.8, 4) is 11.4 Å². The number of rotatable bonds is 1. The maximum absolute atomic E-state index is 12.6. The Labute approximate surface area is 100 Å². The molecule has 0 saturated heterocycles. The van der Waals surface area contributed by atoms with E-state index in [0.29, 0.717) is 0 Å². The summed E-state index contributed by atoms with van der Waals surface area (Å²) < 4.78 is 39.1. The minimum Gasteiger partial charge on any atom is -0.399 e. The molecule has 0 fully saturated rings. The number of anilines is 2. The maximum Gasteiger partial charge on any atom is 0.416 e. The number of benzene rings is 1. The molecule has 1 aromatic carbocycles. The van der Waals surface area contributed by atoms with E-state index in [-0.39, 0.29) is 23.0 Å². The van der Waals surface area contributed by atoms with Gasteiger partial charge in [-0.25, -0.2) is 4.68 Å². The molecular formula is C10H10F3N5. The van der Waals surface area contributed by atoms with Crippen molar-refractivity contribution in [1.29, 1.82) is 0 Å². The van der Waals surface area contributed by atoms with E-state index in [1.165, 1.54) is 10.7 Å². The van der Waals surface area contributed by atoms with Gasteiger partial charge in [-0.05, 0) is 18.2 Å². The Kier molecular flexibility index (Phi) is 2.64. The number of nitrogen functional groups attached to an aromatic ring is 2. The minimum absolute atomic E-state index is 0.00847. The fourth-order valence-electron chi connectivity index (χ4n) is 1.46. The van der Waals surface area contributed by atoms with Crippen LogP contribution in [-0.4, -0.2) is 14.8 Å². The molecule has 0 atom stereocenters. The first-order valence-electron chi connectivity index (χ1n) is 4.92. The van der Waals surface area contributed by atoms with E-state index in [0.717, 1.165) is 12.1 Å². The summed E-state index contributed by atoms with van der Waals surface area (Å²) in [4.78, 5) is 3.85. The molecular weight excluding hydrogens is 247 g/mol. The fraction of sp³-hybridized carbons (Fsp3) is 0.200. The van der Waals surface area contributed by atoms with Crippen LogP contribution in [0.3, 0.4) is 0 Å². The second-order valence-corrected chi connectivity index (χ2v) is 3.76. The highest BCUT2D eigenvalue weighted by Crippen LogP contribution is 2.33. The first-order chi connectivity index (χ1) is 8.27. The molecule has 0 spiro atoms. The van der Waals surface area contributed by atoms with Gasteiger partial charge in [-0.3, -0.25) is 0 Å². The molecule has 0 amide bonds. The van der Waals surface area contributed by atoms with E-state index in [9.17, 15) is 13.2 Å². The van der Waals surface area contributed by atoms with Gasteiger partial charge in [0.05, 0.1) is 5.56 Å². The van der Waals surface area contributed by atoms with E-state index < -0.39 is 11.7 Å². The molecule has 0 radical (unpaired) electrons. The van der Waals surface area contributed by atoms with Gasteiger partial charge in [-0.1, -0.05) is 0 Å². The van der Waals surface area contributed by atoms with Crippen molar-refractivity contribution < 1.29 is 13.2 Å². The number of nitrogens with two attached hydrogens (primary N) is 2. The summed E-state index contributed by atoms with van der Waals surface area (Å²) in [5, 5.41) is 3.90. The summed E-state index contributed by atoms with van der Waals surface area (Å²) in [6.07, 6.45) is -4.47. The molecule has 4 N–H and O–H groups in total. The van der Waals surface area contributed by atoms with Gasteiger partial charge in [0, 0.05) is 18.3 Å². The summed E-state index contributed by atoms with van der Waals surface area (Å²) in [5.41, 5.74) is 10.2. The third-order valence-corrected chi connectivity index (χ3v) is 2.34. The first kappa shape index (κ1) is 12.2. The number of alkyl halides is 3. The zero-order chi connectivity index (χ0) is 13.5. The third-order valence-electron chi connectivity index (χ3n) is 2.34. The smallest absolute Gasteiger partial charge is 0.399 e. The fourth-order valence-corrected chi connectivity index (χ4v) is 1.46. The summed E-state index contributed by atoms with van der Waals surface area (Å²) >= 11 is 0. The van der Waals surface area contributed by atoms with E-state index >= 15 is 0 Å². The van der Waals surface area contributed by atoms with Crippen LogP contribution in [0.4, 0.5) is 24.8 Å². The molecule has 0 aliphatic heterocycles. The molecule has 0 aliphatic carbocycles. The quantitative estimate of drug-likeness (QED) is 0.761. The number of hydrogen-bond donors (Lipinski definition) is 2. The molecule has 18 heavy (non-hydrogen) atoms. The molecule has 2 aromatic rings. The summed E-state index contributed by atoms with van der Waals surface area (Å²) in [5.74, 6) is 0.216. The van der Waals surface area contributed by atoms with E-state index in [1.54, 1.807) is 7.05 Å². The Morgan fingerprint density at radius 1 is 1.17 bits per heavy atom. The van der Waals surface area contributed by atoms with E-state index in [2.05, 4.69) is 10.1 Å². The summed E-state index contributed by atoms with van der Waals surface area (Å²) in [6.45, 7) is 0. The van der Waals surface area contributed by atoms with Gasteiger partial charge in [0.1, 0.15) is 0 Å². The molecule has 8 heteroatoms. The topological polar surface area (TPSA) is 82.8 Å². The number of hydrogen-bond acceptors (Lipinski definition) is 4. The standard InChI is InChI=1S/C10H10F3N5/c1-18-9(15)16-8(17-18)5-2-6(10(11,12)13)4-7(14)3-5/h2-4H,14H2,1H3,(H2,15,16,17). The number of aromatic nitrogens is 3. The van der Waals surface area contributed by atoms with Crippen molar-refractivity contribution in [2.45, 2.75) is 6.18 Å². The lowest BCUT2D eigenvalue weighted by Crippen LogP contribution is -2.06. The highest BCUT2D eigenvalue weighted by Gasteiger charge is 2.31. The third kappa shape index (κ3) is 2.22. The van der Waals surface area contributed by atoms with Gasteiger partial charge in [0.2, 0.25) is 5.95 Å². The molecule has 0 unspecified atom stereocenters. The lowest BCUT2D eigenvalue weighted by molar-refractivity contribution is -0.137. The van der Waals surface area contributed by atoms with Crippen LogP contribution >= 0.6 is 0 Å². The Morgan fingerprint density at radius 2 is 1.83 bits per heavy atom. The van der Waals surface area contributed by atoms with Crippen LogP contribution in [0.5, 0.6) is 0 Å². The van der Waals surface area contributed by atoms with Gasteiger partial charge in [-0.15, -0.1) is 5.10 Å². The van der Waals surface area contributed by atoms with Crippen molar-refractivity contribution in [2.75, 3.05) is 11.5 Å². The normalized spacial score (nSPS) is 11.8. The zero-order valence-electron chi connectivity index (χ0n) is 9.36. The lowest BCUT2D eigenvalue weighted by atomic mass is 10.1. The van der Waals surface area contributed by atoms with E-state index in [1.807, 2.05) is 0 Å². The van der Waals surface area contributed by atoms with Crippen LogP contribution in [0.1, 0.15) is 5.56 Å². The number of aryl methyl sites for hydroxylation is 1. The highest BCUT2D eigenvalue weighted by atomic mass is 19.4. The second-order valence-electron chi connectivity index (χ2n) is 3.76. The molecule has 0 aliphatic rings. The Bertz CT molecular complexity index is 568. The maximum atomic E-state index is 12.6. The van der Waals surface area contributed by atoms with Crippen molar-refractivity contribution >= 4 is 11.6 Å². The second kappa shape index (κ2) is 3.90. The minimum atomic E-state index is -4.47. The van der Waals surface area contributed by atoms with Crippen molar-refractivity contribution in [1.82, 2.24) is 14.8 Å². The zero-order valence-corrected chi connectivity index (χ0v) is 9.36. The molecule has 2 rings (SSSR count).